The van der Waals surface area contributed by atoms with Crippen LogP contribution in [0.5, 0.6) is 0 Å². The number of nitrogens with two attached hydrogens (primary N) is 1. The lowest BCUT2D eigenvalue weighted by Gasteiger charge is -2.28. The molecule has 3 rings (SSSR count). The fraction of sp³-hybridized carbons (Fsp3) is 0.593. The van der Waals surface area contributed by atoms with Gasteiger partial charge < -0.3 is 24.7 Å². The summed E-state index contributed by atoms with van der Waals surface area (Å²) in [5.74, 6) is 5.23. The van der Waals surface area contributed by atoms with E-state index in [-0.39, 0.29) is 36.0 Å². The topological polar surface area (TPSA) is 126 Å². The summed E-state index contributed by atoms with van der Waals surface area (Å²) in [6, 6.07) is 5.60. The largest absolute Gasteiger partial charge is 0.378 e. The molecule has 0 aromatic heterocycles. The molecule has 0 bridgehead atoms. The molecule has 2 amide bonds. The Morgan fingerprint density at radius 2 is 1.53 bits per heavy atom. The number of rotatable bonds is 14. The molecule has 1 heterocycles. The summed E-state index contributed by atoms with van der Waals surface area (Å²) in [5.41, 5.74) is 7.82. The molecule has 196 valence electrons. The number of Topliss-reactive ketones (excluding diaryl/α,β-unsaturated/α-hetero) is 1. The van der Waals surface area contributed by atoms with Crippen LogP contribution >= 0.6 is 0 Å². The van der Waals surface area contributed by atoms with Gasteiger partial charge >= 0.3 is 0 Å². The molecule has 9 heteroatoms. The van der Waals surface area contributed by atoms with Gasteiger partial charge in [0.2, 0.25) is 11.8 Å². The minimum absolute atomic E-state index is 0.0602. The molecule has 2 atom stereocenters. The number of hydrogen-bond acceptors (Lipinski definition) is 8. The van der Waals surface area contributed by atoms with Gasteiger partial charge in [-0.05, 0) is 37.3 Å². The standard InChI is InChI=1S/C27H36N2O7/c28-10-12-34-14-16-36-18-17-35-15-13-33-11-2-4-20-3-1-5-24-23(20)8-6-21(26(24)31)19-22-7-9-25(30)29-27(22)32/h1,3,5,21-22H,6-19,28H2,(H,29,30,32)/t21-,22?/m0/s1. The first-order chi connectivity index (χ1) is 17.6. The summed E-state index contributed by atoms with van der Waals surface area (Å²) >= 11 is 0. The van der Waals surface area contributed by atoms with Gasteiger partial charge in [-0.15, -0.1) is 0 Å². The Balaban J connectivity index is 1.36. The van der Waals surface area contributed by atoms with E-state index in [9.17, 15) is 14.4 Å². The molecule has 2 aliphatic rings. The maximum atomic E-state index is 13.1. The van der Waals surface area contributed by atoms with E-state index in [1.54, 1.807) is 0 Å². The second kappa shape index (κ2) is 15.5. The van der Waals surface area contributed by atoms with Crippen LogP contribution in [0.4, 0.5) is 0 Å². The van der Waals surface area contributed by atoms with Gasteiger partial charge in [0.15, 0.2) is 5.78 Å². The van der Waals surface area contributed by atoms with Gasteiger partial charge in [-0.3, -0.25) is 19.7 Å². The van der Waals surface area contributed by atoms with Crippen LogP contribution in [-0.2, 0) is 35.0 Å². The highest BCUT2D eigenvalue weighted by Gasteiger charge is 2.34. The van der Waals surface area contributed by atoms with Crippen LogP contribution in [0.15, 0.2) is 18.2 Å². The van der Waals surface area contributed by atoms with Crippen LogP contribution in [0.3, 0.4) is 0 Å². The quantitative estimate of drug-likeness (QED) is 0.222. The molecule has 36 heavy (non-hydrogen) atoms. The Bertz CT molecular complexity index is 953. The zero-order valence-electron chi connectivity index (χ0n) is 20.7. The fourth-order valence-corrected chi connectivity index (χ4v) is 4.40. The van der Waals surface area contributed by atoms with E-state index in [2.05, 4.69) is 17.2 Å². The highest BCUT2D eigenvalue weighted by atomic mass is 16.6. The van der Waals surface area contributed by atoms with Crippen molar-refractivity contribution >= 4 is 17.6 Å². The van der Waals surface area contributed by atoms with E-state index >= 15 is 0 Å². The molecule has 0 saturated carbocycles. The number of nitrogens with one attached hydrogen (secondary N) is 1. The first-order valence-electron chi connectivity index (χ1n) is 12.6. The van der Waals surface area contributed by atoms with E-state index in [0.717, 1.165) is 17.5 Å². The van der Waals surface area contributed by atoms with Gasteiger partial charge in [-0.25, -0.2) is 0 Å². The predicted octanol–water partition coefficient (Wildman–Crippen LogP) is 1.25. The van der Waals surface area contributed by atoms with Gasteiger partial charge in [-0.1, -0.05) is 24.0 Å². The average molecular weight is 501 g/mol. The molecule has 1 aromatic carbocycles. The van der Waals surface area contributed by atoms with Crippen molar-refractivity contribution in [2.24, 2.45) is 17.6 Å². The molecule has 1 aromatic rings. The third kappa shape index (κ3) is 8.80. The minimum atomic E-state index is -0.282. The summed E-state index contributed by atoms with van der Waals surface area (Å²) in [7, 11) is 0. The number of benzene rings is 1. The first kappa shape index (κ1) is 28.0. The summed E-state index contributed by atoms with van der Waals surface area (Å²) < 4.78 is 21.5. The number of ether oxygens (including phenoxy) is 4. The summed E-state index contributed by atoms with van der Waals surface area (Å²) in [6.45, 7) is 4.24. The summed E-state index contributed by atoms with van der Waals surface area (Å²) in [5, 5.41) is 2.38. The van der Waals surface area contributed by atoms with Crippen molar-refractivity contribution in [3.8, 4) is 11.8 Å². The van der Waals surface area contributed by atoms with Crippen LogP contribution in [0.2, 0.25) is 0 Å². The number of piperidine rings is 1. The monoisotopic (exact) mass is 500 g/mol. The molecule has 1 saturated heterocycles. The molecular formula is C27H36N2O7. The lowest BCUT2D eigenvalue weighted by atomic mass is 9.76. The van der Waals surface area contributed by atoms with Gasteiger partial charge in [-0.2, -0.15) is 0 Å². The number of amides is 2. The second-order valence-electron chi connectivity index (χ2n) is 8.80. The number of hydrogen-bond donors (Lipinski definition) is 2. The number of ketones is 1. The third-order valence-electron chi connectivity index (χ3n) is 6.25. The Morgan fingerprint density at radius 3 is 2.22 bits per heavy atom. The number of carbonyl (C=O) groups is 3. The van der Waals surface area contributed by atoms with E-state index in [1.807, 2.05) is 18.2 Å². The molecular weight excluding hydrogens is 464 g/mol. The molecule has 1 fully saturated rings. The molecule has 9 nitrogen and oxygen atoms in total. The molecule has 1 unspecified atom stereocenters. The molecule has 0 spiro atoms. The summed E-state index contributed by atoms with van der Waals surface area (Å²) in [6.07, 6.45) is 2.75. The first-order valence-corrected chi connectivity index (χ1v) is 12.6. The highest BCUT2D eigenvalue weighted by Crippen LogP contribution is 2.33. The van der Waals surface area contributed by atoms with Crippen molar-refractivity contribution in [1.82, 2.24) is 5.32 Å². The van der Waals surface area contributed by atoms with Gasteiger partial charge in [0.25, 0.3) is 0 Å². The zero-order chi connectivity index (χ0) is 25.6. The Kier molecular flexibility index (Phi) is 12.0. The minimum Gasteiger partial charge on any atom is -0.378 e. The predicted molar refractivity (Wildman–Crippen MR) is 132 cm³/mol. The molecule has 3 N–H and O–H groups in total. The Labute approximate surface area is 212 Å². The Morgan fingerprint density at radius 1 is 0.861 bits per heavy atom. The van der Waals surface area contributed by atoms with Crippen LogP contribution < -0.4 is 11.1 Å². The molecule has 0 radical (unpaired) electrons. The van der Waals surface area contributed by atoms with Crippen LogP contribution in [0.1, 0.15) is 47.2 Å². The zero-order valence-corrected chi connectivity index (χ0v) is 20.7. The SMILES string of the molecule is NCCOCCOCCOCCOCC#Cc1cccc2c1CC[C@@H](CC1CCC(=O)NC1=O)C2=O. The van der Waals surface area contributed by atoms with Crippen molar-refractivity contribution in [1.29, 1.82) is 0 Å². The highest BCUT2D eigenvalue weighted by molar-refractivity contribution is 6.02. The maximum Gasteiger partial charge on any atom is 0.229 e. The van der Waals surface area contributed by atoms with E-state index < -0.39 is 0 Å². The lowest BCUT2D eigenvalue weighted by molar-refractivity contribution is -0.136. The number of carbonyl (C=O) groups excluding carboxylic acids is 3. The van der Waals surface area contributed by atoms with Crippen molar-refractivity contribution in [3.05, 3.63) is 34.9 Å². The van der Waals surface area contributed by atoms with E-state index in [0.29, 0.717) is 84.0 Å². The Hall–Kier alpha value is -2.61. The van der Waals surface area contributed by atoms with Gasteiger partial charge in [0, 0.05) is 35.9 Å². The lowest BCUT2D eigenvalue weighted by Crippen LogP contribution is -2.42. The normalized spacial score (nSPS) is 19.4. The van der Waals surface area contributed by atoms with E-state index in [4.69, 9.17) is 24.7 Å². The molecule has 1 aliphatic carbocycles. The van der Waals surface area contributed by atoms with Crippen LogP contribution in [0.25, 0.3) is 0 Å². The van der Waals surface area contributed by atoms with Crippen LogP contribution in [-0.4, -0.2) is 77.0 Å². The summed E-state index contributed by atoms with van der Waals surface area (Å²) in [4.78, 5) is 36.6. The van der Waals surface area contributed by atoms with Gasteiger partial charge in [0.1, 0.15) is 6.61 Å². The van der Waals surface area contributed by atoms with Crippen molar-refractivity contribution < 1.29 is 33.3 Å². The fourth-order valence-electron chi connectivity index (χ4n) is 4.40. The maximum absolute atomic E-state index is 13.1. The van der Waals surface area contributed by atoms with Crippen LogP contribution in [0, 0.1) is 23.7 Å². The van der Waals surface area contributed by atoms with Crippen molar-refractivity contribution in [3.63, 3.8) is 0 Å². The number of fused-ring (bicyclic) bond motifs is 1. The van der Waals surface area contributed by atoms with Crippen molar-refractivity contribution in [2.75, 3.05) is 59.4 Å². The molecule has 1 aliphatic heterocycles. The van der Waals surface area contributed by atoms with Crippen molar-refractivity contribution in [2.45, 2.75) is 32.1 Å². The second-order valence-corrected chi connectivity index (χ2v) is 8.80. The third-order valence-corrected chi connectivity index (χ3v) is 6.25. The van der Waals surface area contributed by atoms with Gasteiger partial charge in [0.05, 0.1) is 46.2 Å². The van der Waals surface area contributed by atoms with E-state index in [1.165, 1.54) is 0 Å². The number of imide groups is 1. The average Bonchev–Trinajstić information content (AvgIpc) is 2.87. The smallest absolute Gasteiger partial charge is 0.229 e.